The molecule has 0 spiro atoms. The van der Waals surface area contributed by atoms with Crippen LogP contribution in [-0.4, -0.2) is 8.42 Å². The summed E-state index contributed by atoms with van der Waals surface area (Å²) in [7, 11) is -0.670. The van der Waals surface area contributed by atoms with Crippen molar-refractivity contribution in [2.24, 2.45) is 0 Å². The Morgan fingerprint density at radius 2 is 1.25 bits per heavy atom. The van der Waals surface area contributed by atoms with Crippen LogP contribution in [0.15, 0.2) is 0 Å². The Balaban J connectivity index is 2.73. The molecule has 0 radical (unpaired) electrons. The molecular formula is H2O2S2. The molecule has 0 fully saturated rings. The maximum Gasteiger partial charge on any atom is 0.0945 e. The molecule has 0 rings (SSSR count). The van der Waals surface area contributed by atoms with Crippen LogP contribution in [-0.2, 0) is 21.4 Å². The third kappa shape index (κ3) is 2.30. The van der Waals surface area contributed by atoms with Crippen molar-refractivity contribution < 1.29 is 8.42 Å². The van der Waals surface area contributed by atoms with Crippen molar-refractivity contribution in [3.63, 3.8) is 0 Å². The molecule has 0 aliphatic heterocycles. The quantitative estimate of drug-likeness (QED) is 0.319. The van der Waals surface area contributed by atoms with Gasteiger partial charge in [-0.15, -0.1) is 0 Å². The monoisotopic (exact) mass is 97.9 g/mol. The molecule has 0 heterocycles. The van der Waals surface area contributed by atoms with E-state index in [4.69, 9.17) is 8.42 Å². The molecule has 0 amide bonds. The topological polar surface area (TPSA) is 34.1 Å². The molecule has 2 nitrogen and oxygen atoms in total. The van der Waals surface area contributed by atoms with E-state index in [-0.39, 0.29) is 21.4 Å². The minimum absolute atomic E-state index is 0.335. The van der Waals surface area contributed by atoms with Gasteiger partial charge in [-0.3, -0.25) is 0 Å². The zero-order valence-electron chi connectivity index (χ0n) is 1.71. The smallest absolute Gasteiger partial charge is 0.0945 e. The summed E-state index contributed by atoms with van der Waals surface area (Å²) in [5.41, 5.74) is 0. The molecule has 0 aromatic rings. The molecule has 4 heavy (non-hydrogen) atoms. The van der Waals surface area contributed by atoms with Gasteiger partial charge in [0.2, 0.25) is 0 Å². The van der Waals surface area contributed by atoms with Crippen LogP contribution in [0.2, 0.25) is 0 Å². The molecular weight excluding hydrogens is 96.1 g/mol. The lowest BCUT2D eigenvalue weighted by atomic mass is 16.0. The van der Waals surface area contributed by atoms with E-state index in [0.717, 1.165) is 0 Å². The fraction of sp³-hybridized carbons (Fsp3) is 0. The molecule has 0 aromatic carbocycles. The van der Waals surface area contributed by atoms with Crippen LogP contribution < -0.4 is 0 Å². The minimum atomic E-state index is -0.335. The largest absolute Gasteiger partial charge is 0.249 e. The molecule has 0 aromatic heterocycles. The summed E-state index contributed by atoms with van der Waals surface area (Å²) in [4.78, 5) is 0. The lowest BCUT2D eigenvalue weighted by molar-refractivity contribution is 0.689. The summed E-state index contributed by atoms with van der Waals surface area (Å²) >= 11 is 0. The van der Waals surface area contributed by atoms with E-state index >= 15 is 0 Å². The van der Waals surface area contributed by atoms with Gasteiger partial charge in [0.15, 0.2) is 0 Å². The molecule has 0 unspecified atom stereocenters. The highest BCUT2D eigenvalue weighted by Gasteiger charge is 1.40. The van der Waals surface area contributed by atoms with Crippen molar-refractivity contribution in [1.82, 2.24) is 0 Å². The standard InChI is InChI=1S/H2O2S2/c1-3-4-2/h3-4H. The summed E-state index contributed by atoms with van der Waals surface area (Å²) in [6.45, 7) is 0. The van der Waals surface area contributed by atoms with E-state index in [0.29, 0.717) is 0 Å². The second kappa shape index (κ2) is 3.30. The Morgan fingerprint density at radius 3 is 1.25 bits per heavy atom. The highest BCUT2D eigenvalue weighted by Crippen LogP contribution is 1.30. The van der Waals surface area contributed by atoms with E-state index in [1.807, 2.05) is 0 Å². The van der Waals surface area contributed by atoms with Crippen molar-refractivity contribution in [2.75, 3.05) is 0 Å². The summed E-state index contributed by atoms with van der Waals surface area (Å²) in [5.74, 6) is 0. The molecule has 0 aliphatic rings. The molecule has 0 saturated carbocycles. The third-order valence-corrected chi connectivity index (χ3v) is 0.300. The molecule has 0 atom stereocenters. The van der Waals surface area contributed by atoms with Gasteiger partial charge < -0.3 is 0 Å². The van der Waals surface area contributed by atoms with E-state index in [2.05, 4.69) is 0 Å². The Labute approximate surface area is 30.6 Å². The first-order valence-corrected chi connectivity index (χ1v) is 2.90. The van der Waals surface area contributed by atoms with Gasteiger partial charge in [0, 0.05) is 0 Å². The van der Waals surface area contributed by atoms with Gasteiger partial charge in [-0.25, -0.2) is 8.42 Å². The Kier molecular flexibility index (Phi) is 3.55. The zero-order valence-corrected chi connectivity index (χ0v) is 3.50. The number of hydrogen-bond donors (Lipinski definition) is 2. The van der Waals surface area contributed by atoms with Gasteiger partial charge in [-0.05, 0) is 0 Å². The van der Waals surface area contributed by atoms with Crippen LogP contribution >= 0.6 is 0 Å². The highest BCUT2D eigenvalue weighted by atomic mass is 33.1. The minimum Gasteiger partial charge on any atom is -0.249 e. The van der Waals surface area contributed by atoms with Crippen LogP contribution in [0.5, 0.6) is 0 Å². The van der Waals surface area contributed by atoms with Crippen molar-refractivity contribution in [3.05, 3.63) is 0 Å². The van der Waals surface area contributed by atoms with Crippen LogP contribution in [0, 0.1) is 0 Å². The van der Waals surface area contributed by atoms with Gasteiger partial charge >= 0.3 is 0 Å². The van der Waals surface area contributed by atoms with E-state index in [9.17, 15) is 0 Å². The predicted octanol–water partition coefficient (Wildman–Crippen LogP) is -1.21. The molecule has 0 saturated heterocycles. The third-order valence-electron chi connectivity index (χ3n) is 0.0333. The van der Waals surface area contributed by atoms with Gasteiger partial charge in [-0.1, -0.05) is 0 Å². The average molecular weight is 98.1 g/mol. The van der Waals surface area contributed by atoms with Crippen molar-refractivity contribution >= 4 is 21.4 Å². The predicted molar refractivity (Wildman–Crippen MR) is 19.1 cm³/mol. The first-order valence-electron chi connectivity index (χ1n) is 0.565. The maximum absolute atomic E-state index is 8.95. The van der Waals surface area contributed by atoms with Crippen LogP contribution in [0.4, 0.5) is 0 Å². The second-order valence-corrected chi connectivity index (χ2v) is 1.47. The maximum atomic E-state index is 8.95. The molecule has 26 valence electrons. The van der Waals surface area contributed by atoms with Crippen LogP contribution in [0.3, 0.4) is 0 Å². The summed E-state index contributed by atoms with van der Waals surface area (Å²) in [5, 5.41) is 0. The van der Waals surface area contributed by atoms with Crippen molar-refractivity contribution in [1.29, 1.82) is 0 Å². The Bertz CT molecular complexity index is 25.0. The van der Waals surface area contributed by atoms with Gasteiger partial charge in [0.25, 0.3) is 0 Å². The summed E-state index contributed by atoms with van der Waals surface area (Å²) in [6.07, 6.45) is 0. The van der Waals surface area contributed by atoms with Gasteiger partial charge in [0.05, 0.1) is 21.4 Å². The lowest BCUT2D eigenvalue weighted by Crippen LogP contribution is -1.45. The SMILES string of the molecule is O=[SH][SH]=O. The van der Waals surface area contributed by atoms with Gasteiger partial charge in [-0.2, -0.15) is 0 Å². The summed E-state index contributed by atoms with van der Waals surface area (Å²) in [6, 6.07) is 0. The van der Waals surface area contributed by atoms with Crippen molar-refractivity contribution in [3.8, 4) is 0 Å². The molecule has 0 aliphatic carbocycles. The second-order valence-electron chi connectivity index (χ2n) is 0.163. The van der Waals surface area contributed by atoms with E-state index in [1.54, 1.807) is 0 Å². The Hall–Kier alpha value is 0.300. The van der Waals surface area contributed by atoms with E-state index in [1.165, 1.54) is 0 Å². The van der Waals surface area contributed by atoms with Crippen LogP contribution in [0.1, 0.15) is 0 Å². The van der Waals surface area contributed by atoms with Gasteiger partial charge in [0.1, 0.15) is 0 Å². The molecule has 0 bridgehead atoms. The average Bonchev–Trinajstić information content (AvgIpc) is 1.37. The van der Waals surface area contributed by atoms with E-state index < -0.39 is 0 Å². The highest BCUT2D eigenvalue weighted by molar-refractivity contribution is 8.43. The first-order chi connectivity index (χ1) is 1.91. The molecule has 4 heteroatoms. The number of thiol groups is 2. The number of hydrogen-bond acceptors (Lipinski definition) is 2. The normalized spacial score (nSPS) is 7.00. The van der Waals surface area contributed by atoms with Crippen LogP contribution in [0.25, 0.3) is 0 Å². The Morgan fingerprint density at radius 1 is 1.00 bits per heavy atom. The molecule has 0 N–H and O–H groups in total. The lowest BCUT2D eigenvalue weighted by Gasteiger charge is -1.36. The fourth-order valence-corrected chi connectivity index (χ4v) is 0. The number of rotatable bonds is 1. The summed E-state index contributed by atoms with van der Waals surface area (Å²) < 4.78 is 17.9. The first kappa shape index (κ1) is 4.30. The zero-order chi connectivity index (χ0) is 3.41. The fourth-order valence-electron chi connectivity index (χ4n) is 0. The van der Waals surface area contributed by atoms with Crippen molar-refractivity contribution in [2.45, 2.75) is 0 Å².